The van der Waals surface area contributed by atoms with Gasteiger partial charge in [-0.1, -0.05) is 41.9 Å². The number of halogens is 1. The Kier molecular flexibility index (Phi) is 9.47. The summed E-state index contributed by atoms with van der Waals surface area (Å²) in [6.45, 7) is 2.83. The summed E-state index contributed by atoms with van der Waals surface area (Å²) in [5.74, 6) is 1.83. The number of amides is 1. The van der Waals surface area contributed by atoms with Gasteiger partial charge in [-0.05, 0) is 60.5 Å². The zero-order valence-electron chi connectivity index (χ0n) is 17.8. The van der Waals surface area contributed by atoms with E-state index < -0.39 is 0 Å². The van der Waals surface area contributed by atoms with Crippen LogP contribution in [0.1, 0.15) is 24.5 Å². The van der Waals surface area contributed by atoms with Gasteiger partial charge in [0, 0.05) is 22.1 Å². The molecule has 32 heavy (non-hydrogen) atoms. The summed E-state index contributed by atoms with van der Waals surface area (Å²) in [5, 5.41) is 4.75. The molecule has 0 aromatic heterocycles. The zero-order chi connectivity index (χ0) is 22.6. The number of hydrogen-bond acceptors (Lipinski definition) is 5. The fraction of sp³-hybridized carbons (Fsp3) is 0.200. The third-order valence-corrected chi connectivity index (χ3v) is 5.58. The number of hydrogen-bond donors (Lipinski definition) is 1. The van der Waals surface area contributed by atoms with Gasteiger partial charge in [-0.15, -0.1) is 11.8 Å². The first-order valence-corrected chi connectivity index (χ1v) is 11.6. The lowest BCUT2D eigenvalue weighted by Gasteiger charge is -2.12. The SMILES string of the molecule is CCOc1cc(/C=N/NC(=O)CCSc2ccccc2)ccc1OCc1ccc(Cl)cc1. The van der Waals surface area contributed by atoms with Crippen molar-refractivity contribution in [1.29, 1.82) is 0 Å². The molecular formula is C25H25ClN2O3S. The van der Waals surface area contributed by atoms with E-state index in [9.17, 15) is 4.79 Å². The van der Waals surface area contributed by atoms with Crippen LogP contribution in [0.4, 0.5) is 0 Å². The number of thioether (sulfide) groups is 1. The molecule has 0 aliphatic heterocycles. The van der Waals surface area contributed by atoms with Crippen molar-refractivity contribution in [3.63, 3.8) is 0 Å². The third-order valence-electron chi connectivity index (χ3n) is 4.32. The van der Waals surface area contributed by atoms with Crippen molar-refractivity contribution in [3.05, 3.63) is 88.9 Å². The topological polar surface area (TPSA) is 59.9 Å². The Morgan fingerprint density at radius 2 is 1.81 bits per heavy atom. The fourth-order valence-electron chi connectivity index (χ4n) is 2.75. The Morgan fingerprint density at radius 1 is 1.03 bits per heavy atom. The van der Waals surface area contributed by atoms with E-state index in [4.69, 9.17) is 21.1 Å². The largest absolute Gasteiger partial charge is 0.490 e. The average molecular weight is 469 g/mol. The van der Waals surface area contributed by atoms with Gasteiger partial charge in [0.2, 0.25) is 5.91 Å². The summed E-state index contributed by atoms with van der Waals surface area (Å²) >= 11 is 7.57. The molecule has 0 saturated carbocycles. The minimum absolute atomic E-state index is 0.127. The van der Waals surface area contributed by atoms with E-state index in [2.05, 4.69) is 10.5 Å². The van der Waals surface area contributed by atoms with Gasteiger partial charge in [0.05, 0.1) is 12.8 Å². The van der Waals surface area contributed by atoms with Crippen molar-refractivity contribution < 1.29 is 14.3 Å². The maximum absolute atomic E-state index is 12.0. The van der Waals surface area contributed by atoms with Gasteiger partial charge in [0.15, 0.2) is 11.5 Å². The molecule has 3 aromatic rings. The Hall–Kier alpha value is -2.96. The highest BCUT2D eigenvalue weighted by atomic mass is 35.5. The summed E-state index contributed by atoms with van der Waals surface area (Å²) in [4.78, 5) is 13.1. The second-order valence-corrected chi connectivity index (χ2v) is 8.36. The fourth-order valence-corrected chi connectivity index (χ4v) is 3.75. The van der Waals surface area contributed by atoms with Crippen LogP contribution >= 0.6 is 23.4 Å². The van der Waals surface area contributed by atoms with E-state index in [1.165, 1.54) is 0 Å². The van der Waals surface area contributed by atoms with E-state index in [1.807, 2.05) is 79.7 Å². The van der Waals surface area contributed by atoms with E-state index >= 15 is 0 Å². The Morgan fingerprint density at radius 3 is 2.56 bits per heavy atom. The molecule has 3 rings (SSSR count). The maximum Gasteiger partial charge on any atom is 0.240 e. The van der Waals surface area contributed by atoms with Crippen LogP contribution in [0.3, 0.4) is 0 Å². The summed E-state index contributed by atoms with van der Waals surface area (Å²) in [7, 11) is 0. The van der Waals surface area contributed by atoms with Crippen molar-refractivity contribution >= 4 is 35.5 Å². The van der Waals surface area contributed by atoms with Gasteiger partial charge in [0.25, 0.3) is 0 Å². The molecule has 1 N–H and O–H groups in total. The van der Waals surface area contributed by atoms with E-state index in [0.717, 1.165) is 16.0 Å². The predicted molar refractivity (Wildman–Crippen MR) is 131 cm³/mol. The average Bonchev–Trinajstić information content (AvgIpc) is 2.80. The minimum atomic E-state index is -0.127. The van der Waals surface area contributed by atoms with Crippen molar-refractivity contribution in [2.24, 2.45) is 5.10 Å². The first-order chi connectivity index (χ1) is 15.6. The van der Waals surface area contributed by atoms with Crippen LogP contribution in [0.15, 0.2) is 82.8 Å². The number of nitrogens with zero attached hydrogens (tertiary/aromatic N) is 1. The monoisotopic (exact) mass is 468 g/mol. The molecule has 0 atom stereocenters. The number of ether oxygens (including phenoxy) is 2. The lowest BCUT2D eigenvalue weighted by molar-refractivity contribution is -0.120. The number of benzene rings is 3. The Balaban J connectivity index is 1.50. The van der Waals surface area contributed by atoms with Crippen molar-refractivity contribution in [2.45, 2.75) is 24.8 Å². The lowest BCUT2D eigenvalue weighted by atomic mass is 10.2. The number of nitrogens with one attached hydrogen (secondary N) is 1. The Bertz CT molecular complexity index is 1030. The van der Waals surface area contributed by atoms with Crippen LogP contribution in [-0.2, 0) is 11.4 Å². The molecule has 0 aliphatic carbocycles. The number of rotatable bonds is 11. The van der Waals surface area contributed by atoms with E-state index in [1.54, 1.807) is 18.0 Å². The summed E-state index contributed by atoms with van der Waals surface area (Å²) in [5.41, 5.74) is 4.38. The van der Waals surface area contributed by atoms with Crippen LogP contribution in [0.5, 0.6) is 11.5 Å². The number of carbonyl (C=O) groups excluding carboxylic acids is 1. The Labute approximate surface area is 197 Å². The number of carbonyl (C=O) groups is 1. The molecule has 5 nitrogen and oxygen atoms in total. The summed E-state index contributed by atoms with van der Waals surface area (Å²) in [6.07, 6.45) is 1.98. The van der Waals surface area contributed by atoms with Gasteiger partial charge in [-0.2, -0.15) is 5.10 Å². The first-order valence-electron chi connectivity index (χ1n) is 10.3. The van der Waals surface area contributed by atoms with Crippen molar-refractivity contribution in [1.82, 2.24) is 5.43 Å². The van der Waals surface area contributed by atoms with Crippen LogP contribution in [0.25, 0.3) is 0 Å². The van der Waals surface area contributed by atoms with Gasteiger partial charge < -0.3 is 9.47 Å². The predicted octanol–water partition coefficient (Wildman–Crippen LogP) is 5.95. The van der Waals surface area contributed by atoms with Crippen molar-refractivity contribution in [2.75, 3.05) is 12.4 Å². The molecule has 0 heterocycles. The third kappa shape index (κ3) is 7.94. The van der Waals surface area contributed by atoms with E-state index in [-0.39, 0.29) is 5.91 Å². The van der Waals surface area contributed by atoms with Crippen LogP contribution in [-0.4, -0.2) is 24.5 Å². The van der Waals surface area contributed by atoms with Gasteiger partial charge in [0.1, 0.15) is 6.61 Å². The quantitative estimate of drug-likeness (QED) is 0.214. The zero-order valence-corrected chi connectivity index (χ0v) is 19.4. The lowest BCUT2D eigenvalue weighted by Crippen LogP contribution is -2.17. The summed E-state index contributed by atoms with van der Waals surface area (Å²) in [6, 6.07) is 23.0. The molecule has 0 fully saturated rings. The summed E-state index contributed by atoms with van der Waals surface area (Å²) < 4.78 is 11.6. The second-order valence-electron chi connectivity index (χ2n) is 6.76. The highest BCUT2D eigenvalue weighted by Gasteiger charge is 2.07. The van der Waals surface area contributed by atoms with Gasteiger partial charge >= 0.3 is 0 Å². The van der Waals surface area contributed by atoms with Crippen molar-refractivity contribution in [3.8, 4) is 11.5 Å². The molecule has 0 radical (unpaired) electrons. The minimum Gasteiger partial charge on any atom is -0.490 e. The standard InChI is InChI=1S/C25H25ClN2O3S/c1-2-30-24-16-20(10-13-23(24)31-18-19-8-11-21(26)12-9-19)17-27-28-25(29)14-15-32-22-6-4-3-5-7-22/h3-13,16-17H,2,14-15,18H2,1H3,(H,28,29)/b27-17+. The number of hydrazone groups is 1. The molecule has 0 spiro atoms. The van der Waals surface area contributed by atoms with Crippen LogP contribution in [0, 0.1) is 0 Å². The highest BCUT2D eigenvalue weighted by Crippen LogP contribution is 2.29. The molecular weight excluding hydrogens is 444 g/mol. The highest BCUT2D eigenvalue weighted by molar-refractivity contribution is 7.99. The molecule has 7 heteroatoms. The van der Waals surface area contributed by atoms with Crippen LogP contribution < -0.4 is 14.9 Å². The molecule has 0 bridgehead atoms. The molecule has 1 amide bonds. The molecule has 0 aliphatic rings. The molecule has 3 aromatic carbocycles. The van der Waals surface area contributed by atoms with E-state index in [0.29, 0.717) is 41.9 Å². The molecule has 0 unspecified atom stereocenters. The molecule has 166 valence electrons. The van der Waals surface area contributed by atoms with Gasteiger partial charge in [-0.25, -0.2) is 5.43 Å². The van der Waals surface area contributed by atoms with Gasteiger partial charge in [-0.3, -0.25) is 4.79 Å². The van der Waals surface area contributed by atoms with Crippen LogP contribution in [0.2, 0.25) is 5.02 Å². The normalized spacial score (nSPS) is 10.8. The first kappa shape index (κ1) is 23.7. The maximum atomic E-state index is 12.0. The smallest absolute Gasteiger partial charge is 0.240 e. The second kappa shape index (κ2) is 12.8. The molecule has 0 saturated heterocycles.